The van der Waals surface area contributed by atoms with Crippen LogP contribution < -0.4 is 19.5 Å². The normalized spacial score (nSPS) is 14.7. The molecule has 10 heteroatoms. The Bertz CT molecular complexity index is 1430. The van der Waals surface area contributed by atoms with Crippen molar-refractivity contribution in [2.24, 2.45) is 0 Å². The molecule has 1 atom stereocenters. The fourth-order valence-corrected chi connectivity index (χ4v) is 4.53. The Morgan fingerprint density at radius 3 is 2.75 bits per heavy atom. The number of amides is 1. The molecule has 1 aliphatic rings. The van der Waals surface area contributed by atoms with E-state index in [1.807, 2.05) is 56.3 Å². The molecule has 1 aliphatic heterocycles. The molecule has 0 fully saturated rings. The van der Waals surface area contributed by atoms with Crippen LogP contribution in [0.2, 0.25) is 0 Å². The van der Waals surface area contributed by atoms with Crippen molar-refractivity contribution in [3.05, 3.63) is 65.5 Å². The molecule has 0 unspecified atom stereocenters. The van der Waals surface area contributed by atoms with Gasteiger partial charge in [-0.3, -0.25) is 4.79 Å². The fraction of sp³-hybridized carbons (Fsp3) is 0.269. The first-order valence-electron chi connectivity index (χ1n) is 11.6. The Hall–Kier alpha value is -4.47. The van der Waals surface area contributed by atoms with Crippen molar-refractivity contribution < 1.29 is 19.0 Å². The van der Waals surface area contributed by atoms with Crippen LogP contribution in [0.3, 0.4) is 0 Å². The highest BCUT2D eigenvalue weighted by Gasteiger charge is 2.35. The summed E-state index contributed by atoms with van der Waals surface area (Å²) in [6.45, 7) is 4.28. The summed E-state index contributed by atoms with van der Waals surface area (Å²) in [6, 6.07) is 13.2. The molecule has 36 heavy (non-hydrogen) atoms. The van der Waals surface area contributed by atoms with E-state index in [2.05, 4.69) is 20.5 Å². The summed E-state index contributed by atoms with van der Waals surface area (Å²) >= 11 is 0. The van der Waals surface area contributed by atoms with Gasteiger partial charge in [-0.2, -0.15) is 14.9 Å². The second-order valence-corrected chi connectivity index (χ2v) is 8.25. The van der Waals surface area contributed by atoms with E-state index in [1.54, 1.807) is 20.4 Å². The van der Waals surface area contributed by atoms with Gasteiger partial charge in [0.25, 0.3) is 5.95 Å². The summed E-state index contributed by atoms with van der Waals surface area (Å²) in [7, 11) is 3.21. The maximum atomic E-state index is 12.9. The number of aryl methyl sites for hydroxylation is 1. The lowest BCUT2D eigenvalue weighted by Gasteiger charge is -2.26. The van der Waals surface area contributed by atoms with E-state index in [9.17, 15) is 4.79 Å². The Kier molecular flexibility index (Phi) is 6.24. The zero-order valence-electron chi connectivity index (χ0n) is 20.5. The van der Waals surface area contributed by atoms with Gasteiger partial charge in [0.15, 0.2) is 11.5 Å². The fourth-order valence-electron chi connectivity index (χ4n) is 4.53. The van der Waals surface area contributed by atoms with E-state index in [-0.39, 0.29) is 24.2 Å². The molecule has 2 aromatic heterocycles. The zero-order valence-corrected chi connectivity index (χ0v) is 20.5. The van der Waals surface area contributed by atoms with Crippen molar-refractivity contribution in [1.29, 1.82) is 0 Å². The molecule has 10 nitrogen and oxygen atoms in total. The largest absolute Gasteiger partial charge is 0.497 e. The quantitative estimate of drug-likeness (QED) is 0.418. The van der Waals surface area contributed by atoms with Crippen LogP contribution in [0.25, 0.3) is 17.2 Å². The van der Waals surface area contributed by atoms with Crippen LogP contribution in [0, 0.1) is 6.92 Å². The van der Waals surface area contributed by atoms with E-state index in [4.69, 9.17) is 19.3 Å². The second-order valence-electron chi connectivity index (χ2n) is 8.25. The minimum Gasteiger partial charge on any atom is -0.497 e. The molecule has 0 aliphatic carbocycles. The first-order valence-corrected chi connectivity index (χ1v) is 11.6. The number of nitrogens with one attached hydrogen (secondary N) is 1. The molecule has 0 bridgehead atoms. The van der Waals surface area contributed by atoms with Crippen molar-refractivity contribution in [2.45, 2.75) is 26.2 Å². The van der Waals surface area contributed by atoms with Gasteiger partial charge in [0, 0.05) is 29.0 Å². The topological polar surface area (TPSA) is 113 Å². The summed E-state index contributed by atoms with van der Waals surface area (Å²) < 4.78 is 18.3. The third kappa shape index (κ3) is 4.10. The molecular formula is C26H26N6O4. The average Bonchev–Trinajstić information content (AvgIpc) is 3.24. The third-order valence-corrected chi connectivity index (χ3v) is 6.10. The van der Waals surface area contributed by atoms with Crippen LogP contribution in [0.4, 0.5) is 5.82 Å². The molecule has 0 saturated heterocycles. The van der Waals surface area contributed by atoms with Gasteiger partial charge in [-0.25, -0.2) is 4.98 Å². The molecule has 3 heterocycles. The number of nitrogens with zero attached hydrogens (tertiary/aromatic N) is 5. The maximum absolute atomic E-state index is 12.9. The SMILES string of the molecule is CCOc1c(OC)cccc1[C@@H]1CC(=O)Nc2c1c(C)nn2-c1nncc(-c2cccc(OC)c2)n1. The Morgan fingerprint density at radius 2 is 1.97 bits per heavy atom. The van der Waals surface area contributed by atoms with E-state index < -0.39 is 0 Å². The molecule has 1 amide bonds. The Balaban J connectivity index is 1.62. The van der Waals surface area contributed by atoms with E-state index in [0.717, 1.165) is 22.4 Å². The van der Waals surface area contributed by atoms with Gasteiger partial charge in [0.2, 0.25) is 5.91 Å². The van der Waals surface area contributed by atoms with E-state index in [1.165, 1.54) is 4.68 Å². The van der Waals surface area contributed by atoms with Crippen molar-refractivity contribution in [2.75, 3.05) is 26.1 Å². The highest BCUT2D eigenvalue weighted by atomic mass is 16.5. The lowest BCUT2D eigenvalue weighted by molar-refractivity contribution is -0.116. The van der Waals surface area contributed by atoms with Gasteiger partial charge < -0.3 is 19.5 Å². The van der Waals surface area contributed by atoms with Crippen molar-refractivity contribution >= 4 is 11.7 Å². The number of aromatic nitrogens is 5. The summed E-state index contributed by atoms with van der Waals surface area (Å²) in [5.74, 6) is 2.28. The minimum absolute atomic E-state index is 0.143. The molecule has 0 radical (unpaired) electrons. The molecule has 1 N–H and O–H groups in total. The van der Waals surface area contributed by atoms with Gasteiger partial charge in [-0.05, 0) is 32.0 Å². The van der Waals surface area contributed by atoms with Gasteiger partial charge in [0.1, 0.15) is 11.6 Å². The average molecular weight is 487 g/mol. The smallest absolute Gasteiger partial charge is 0.272 e. The molecule has 4 aromatic rings. The van der Waals surface area contributed by atoms with Crippen molar-refractivity contribution in [3.63, 3.8) is 0 Å². The van der Waals surface area contributed by atoms with Crippen molar-refractivity contribution in [1.82, 2.24) is 25.0 Å². The summed E-state index contributed by atoms with van der Waals surface area (Å²) in [5, 5.41) is 16.0. The molecular weight excluding hydrogens is 460 g/mol. The molecule has 2 aromatic carbocycles. The predicted molar refractivity (Wildman–Crippen MR) is 133 cm³/mol. The van der Waals surface area contributed by atoms with E-state index in [0.29, 0.717) is 35.4 Å². The lowest BCUT2D eigenvalue weighted by atomic mass is 9.85. The number of hydrogen-bond donors (Lipinski definition) is 1. The second kappa shape index (κ2) is 9.65. The predicted octanol–water partition coefficient (Wildman–Crippen LogP) is 3.92. The Morgan fingerprint density at radius 1 is 1.14 bits per heavy atom. The van der Waals surface area contributed by atoms with Crippen LogP contribution in [-0.2, 0) is 4.79 Å². The number of anilines is 1. The lowest BCUT2D eigenvalue weighted by Crippen LogP contribution is -2.25. The van der Waals surface area contributed by atoms with Gasteiger partial charge >= 0.3 is 0 Å². The standard InChI is InChI=1S/C26H26N6O4/c1-5-36-24-18(10-7-11-21(24)35-4)19-13-22(33)29-25-23(19)15(2)31-32(25)26-28-20(14-27-30-26)16-8-6-9-17(12-16)34-3/h6-12,14,19H,5,13H2,1-4H3,(H,29,33)/t19-/m0/s1. The highest BCUT2D eigenvalue weighted by molar-refractivity contribution is 5.95. The minimum atomic E-state index is -0.284. The van der Waals surface area contributed by atoms with Gasteiger partial charge in [0.05, 0.1) is 38.4 Å². The number of hydrogen-bond acceptors (Lipinski definition) is 8. The number of para-hydroxylation sites is 1. The number of carbonyl (C=O) groups excluding carboxylic acids is 1. The number of ether oxygens (including phenoxy) is 3. The van der Waals surface area contributed by atoms with Crippen LogP contribution in [0.5, 0.6) is 17.2 Å². The monoisotopic (exact) mass is 486 g/mol. The molecule has 0 spiro atoms. The van der Waals surface area contributed by atoms with Crippen LogP contribution >= 0.6 is 0 Å². The number of carbonyl (C=O) groups is 1. The summed E-state index contributed by atoms with van der Waals surface area (Å²) in [4.78, 5) is 17.6. The van der Waals surface area contributed by atoms with Crippen LogP contribution in [0.15, 0.2) is 48.7 Å². The first kappa shape index (κ1) is 23.3. The highest BCUT2D eigenvalue weighted by Crippen LogP contribution is 2.45. The number of benzene rings is 2. The molecule has 184 valence electrons. The zero-order chi connectivity index (χ0) is 25.2. The molecule has 5 rings (SSSR count). The number of methoxy groups -OCH3 is 2. The Labute approximate surface area is 208 Å². The van der Waals surface area contributed by atoms with Gasteiger partial charge in [-0.1, -0.05) is 24.3 Å². The maximum Gasteiger partial charge on any atom is 0.272 e. The third-order valence-electron chi connectivity index (χ3n) is 6.10. The van der Waals surface area contributed by atoms with Crippen LogP contribution in [0.1, 0.15) is 36.1 Å². The van der Waals surface area contributed by atoms with E-state index >= 15 is 0 Å². The van der Waals surface area contributed by atoms with Crippen molar-refractivity contribution in [3.8, 4) is 34.5 Å². The summed E-state index contributed by atoms with van der Waals surface area (Å²) in [5.41, 5.74) is 3.91. The number of fused-ring (bicyclic) bond motifs is 1. The summed E-state index contributed by atoms with van der Waals surface area (Å²) in [6.07, 6.45) is 1.82. The first-order chi connectivity index (χ1) is 17.5. The molecule has 0 saturated carbocycles. The number of rotatable bonds is 7. The van der Waals surface area contributed by atoms with Gasteiger partial charge in [-0.15, -0.1) is 5.10 Å². The van der Waals surface area contributed by atoms with Crippen LogP contribution in [-0.4, -0.2) is 51.7 Å².